The van der Waals surface area contributed by atoms with Crippen LogP contribution >= 0.6 is 15.9 Å². The lowest BCUT2D eigenvalue weighted by Gasteiger charge is -2.06. The van der Waals surface area contributed by atoms with Gasteiger partial charge in [0, 0.05) is 28.1 Å². The molecule has 0 atom stereocenters. The van der Waals surface area contributed by atoms with Gasteiger partial charge in [-0.1, -0.05) is 46.3 Å². The first-order chi connectivity index (χ1) is 14.3. The topological polar surface area (TPSA) is 80.5 Å². The van der Waals surface area contributed by atoms with Crippen LogP contribution in [0.3, 0.4) is 0 Å². The number of amides is 1. The van der Waals surface area contributed by atoms with Crippen LogP contribution in [0.15, 0.2) is 80.7 Å². The van der Waals surface area contributed by atoms with E-state index >= 15 is 0 Å². The number of nitrogens with zero attached hydrogens (tertiary/aromatic N) is 2. The minimum atomic E-state index is -3.84. The molecule has 4 rings (SSSR count). The van der Waals surface area contributed by atoms with Crippen molar-refractivity contribution in [2.45, 2.75) is 18.4 Å². The van der Waals surface area contributed by atoms with Crippen LogP contribution in [0.2, 0.25) is 0 Å². The summed E-state index contributed by atoms with van der Waals surface area (Å²) in [6.07, 6.45) is 3.36. The molecule has 0 saturated carbocycles. The van der Waals surface area contributed by atoms with E-state index in [0.717, 1.165) is 21.1 Å². The summed E-state index contributed by atoms with van der Waals surface area (Å²) in [6.45, 7) is 2.94. The zero-order valence-corrected chi connectivity index (χ0v) is 18.7. The highest BCUT2D eigenvalue weighted by Crippen LogP contribution is 2.27. The van der Waals surface area contributed by atoms with Gasteiger partial charge in [0.1, 0.15) is 11.6 Å². The number of para-hydroxylation sites is 1. The van der Waals surface area contributed by atoms with E-state index in [-0.39, 0.29) is 4.90 Å². The van der Waals surface area contributed by atoms with Crippen molar-refractivity contribution in [1.29, 1.82) is 0 Å². The van der Waals surface area contributed by atoms with Crippen LogP contribution in [0.5, 0.6) is 0 Å². The Balaban J connectivity index is 1.64. The average Bonchev–Trinajstić information content (AvgIpc) is 3.25. The van der Waals surface area contributed by atoms with Gasteiger partial charge in [-0.15, -0.1) is 0 Å². The molecule has 8 heteroatoms. The predicted molar refractivity (Wildman–Crippen MR) is 121 cm³/mol. The Morgan fingerprint density at radius 2 is 2.00 bits per heavy atom. The molecule has 2 aromatic carbocycles. The maximum absolute atomic E-state index is 13.1. The molecular formula is C22H20BrN3O3S. The average molecular weight is 486 g/mol. The van der Waals surface area contributed by atoms with Crippen molar-refractivity contribution in [3.8, 4) is 0 Å². The lowest BCUT2D eigenvalue weighted by atomic mass is 10.2. The number of sulfone groups is 1. The number of rotatable bonds is 5. The van der Waals surface area contributed by atoms with Gasteiger partial charge in [-0.25, -0.2) is 8.42 Å². The first-order valence-electron chi connectivity index (χ1n) is 9.38. The van der Waals surface area contributed by atoms with E-state index in [0.29, 0.717) is 24.3 Å². The minimum absolute atomic E-state index is 0.156. The fourth-order valence-corrected chi connectivity index (χ4v) is 5.28. The molecule has 0 spiro atoms. The lowest BCUT2D eigenvalue weighted by Crippen LogP contribution is -2.33. The van der Waals surface area contributed by atoms with E-state index < -0.39 is 21.5 Å². The van der Waals surface area contributed by atoms with Gasteiger partial charge < -0.3 is 9.88 Å². The zero-order chi connectivity index (χ0) is 21.3. The molecule has 30 heavy (non-hydrogen) atoms. The maximum atomic E-state index is 13.1. The molecule has 6 nitrogen and oxygen atoms in total. The smallest absolute Gasteiger partial charge is 0.241 e. The normalized spacial score (nSPS) is 13.9. The second kappa shape index (κ2) is 8.20. The van der Waals surface area contributed by atoms with E-state index in [1.807, 2.05) is 47.9 Å². The number of aromatic nitrogens is 1. The highest BCUT2D eigenvalue weighted by atomic mass is 79.9. The van der Waals surface area contributed by atoms with Crippen LogP contribution in [0.25, 0.3) is 10.9 Å². The molecule has 0 aliphatic carbocycles. The molecule has 0 saturated heterocycles. The number of fused-ring (bicyclic) bond motifs is 1. The molecule has 1 aliphatic heterocycles. The Morgan fingerprint density at radius 3 is 2.73 bits per heavy atom. The van der Waals surface area contributed by atoms with Crippen LogP contribution in [0.4, 0.5) is 0 Å². The van der Waals surface area contributed by atoms with Gasteiger partial charge in [0.25, 0.3) is 0 Å². The summed E-state index contributed by atoms with van der Waals surface area (Å²) in [4.78, 5) is 16.7. The minimum Gasteiger partial charge on any atom is -0.342 e. The molecule has 1 aliphatic rings. The monoisotopic (exact) mass is 485 g/mol. The van der Waals surface area contributed by atoms with Gasteiger partial charge in [-0.3, -0.25) is 9.79 Å². The highest BCUT2D eigenvalue weighted by molar-refractivity contribution is 9.10. The van der Waals surface area contributed by atoms with Crippen molar-refractivity contribution in [2.75, 3.05) is 12.3 Å². The van der Waals surface area contributed by atoms with Crippen molar-refractivity contribution < 1.29 is 13.2 Å². The van der Waals surface area contributed by atoms with E-state index in [2.05, 4.69) is 26.2 Å². The molecule has 3 aromatic rings. The Morgan fingerprint density at radius 1 is 1.20 bits per heavy atom. The van der Waals surface area contributed by atoms with Crippen molar-refractivity contribution >= 4 is 48.4 Å². The van der Waals surface area contributed by atoms with Crippen LogP contribution < -0.4 is 5.32 Å². The van der Waals surface area contributed by atoms with E-state index in [1.165, 1.54) is 0 Å². The molecule has 1 N–H and O–H groups in total. The Bertz CT molecular complexity index is 1310. The number of hydrogen-bond acceptors (Lipinski definition) is 4. The Hall–Kier alpha value is -2.71. The summed E-state index contributed by atoms with van der Waals surface area (Å²) < 4.78 is 29.0. The van der Waals surface area contributed by atoms with Gasteiger partial charge in [-0.05, 0) is 42.3 Å². The summed E-state index contributed by atoms with van der Waals surface area (Å²) in [5, 5.41) is 3.19. The Labute approximate surface area is 183 Å². The third-order valence-electron chi connectivity index (χ3n) is 4.80. The van der Waals surface area contributed by atoms with Crippen molar-refractivity contribution in [3.63, 3.8) is 0 Å². The molecule has 154 valence electrons. The molecule has 0 radical (unpaired) electrons. The molecule has 1 aromatic heterocycles. The fourth-order valence-electron chi connectivity index (χ4n) is 3.46. The quantitative estimate of drug-likeness (QED) is 0.598. The number of halogens is 1. The second-order valence-electron chi connectivity index (χ2n) is 7.27. The molecular weight excluding hydrogens is 466 g/mol. The summed E-state index contributed by atoms with van der Waals surface area (Å²) >= 11 is 3.47. The zero-order valence-electron chi connectivity index (χ0n) is 16.3. The summed E-state index contributed by atoms with van der Waals surface area (Å²) in [6, 6.07) is 15.2. The highest BCUT2D eigenvalue weighted by Gasteiger charge is 2.25. The standard InChI is InChI=1S/C22H20BrN3O3S/c1-15-9-21(24-11-15)25-22(27)14-30(28,29)20-13-26(19-8-3-2-7-18(19)20)12-16-5-4-6-17(23)10-16/h2-10,13H,11-12,14H2,1H3,(H,24,25,27). The van der Waals surface area contributed by atoms with Gasteiger partial charge in [-0.2, -0.15) is 0 Å². The summed E-state index contributed by atoms with van der Waals surface area (Å²) in [5.74, 6) is -0.822. The number of carbonyl (C=O) groups is 1. The first kappa shape index (κ1) is 20.6. The third-order valence-corrected chi connectivity index (χ3v) is 6.93. The van der Waals surface area contributed by atoms with Crippen molar-refractivity contribution in [2.24, 2.45) is 4.99 Å². The summed E-state index contributed by atoms with van der Waals surface area (Å²) in [7, 11) is -3.84. The van der Waals surface area contributed by atoms with Crippen LogP contribution in [0.1, 0.15) is 12.5 Å². The second-order valence-corrected chi connectivity index (χ2v) is 10.1. The van der Waals surface area contributed by atoms with Crippen LogP contribution in [0, 0.1) is 0 Å². The Kier molecular flexibility index (Phi) is 5.62. The lowest BCUT2D eigenvalue weighted by molar-refractivity contribution is -0.117. The number of amidine groups is 1. The summed E-state index contributed by atoms with van der Waals surface area (Å²) in [5.41, 5.74) is 2.85. The molecule has 0 unspecified atom stereocenters. The SMILES string of the molecule is CC1=CC(NC(=O)CS(=O)(=O)c2cn(Cc3cccc(Br)c3)c3ccccc23)=NC1. The van der Waals surface area contributed by atoms with Gasteiger partial charge in [0.15, 0.2) is 9.84 Å². The van der Waals surface area contributed by atoms with Crippen LogP contribution in [-0.2, 0) is 21.2 Å². The first-order valence-corrected chi connectivity index (χ1v) is 11.8. The largest absolute Gasteiger partial charge is 0.342 e. The van der Waals surface area contributed by atoms with E-state index in [1.54, 1.807) is 24.4 Å². The van der Waals surface area contributed by atoms with Crippen molar-refractivity contribution in [3.05, 3.63) is 76.4 Å². The van der Waals surface area contributed by atoms with Crippen molar-refractivity contribution in [1.82, 2.24) is 9.88 Å². The number of carbonyl (C=O) groups excluding carboxylic acids is 1. The molecule has 0 fully saturated rings. The number of aliphatic imine (C=N–C) groups is 1. The predicted octanol–water partition coefficient (Wildman–Crippen LogP) is 3.70. The van der Waals surface area contributed by atoms with Crippen LogP contribution in [-0.4, -0.2) is 37.0 Å². The molecule has 2 heterocycles. The fraction of sp³-hybridized carbons (Fsp3) is 0.182. The van der Waals surface area contributed by atoms with E-state index in [4.69, 9.17) is 0 Å². The van der Waals surface area contributed by atoms with Gasteiger partial charge >= 0.3 is 0 Å². The third kappa shape index (κ3) is 4.39. The van der Waals surface area contributed by atoms with E-state index in [9.17, 15) is 13.2 Å². The number of hydrogen-bond donors (Lipinski definition) is 1. The number of benzene rings is 2. The number of nitrogens with one attached hydrogen (secondary N) is 1. The maximum Gasteiger partial charge on any atom is 0.241 e. The molecule has 0 bridgehead atoms. The molecule has 1 amide bonds. The van der Waals surface area contributed by atoms with Gasteiger partial charge in [0.05, 0.1) is 11.4 Å². The van der Waals surface area contributed by atoms with Gasteiger partial charge in [0.2, 0.25) is 5.91 Å².